The van der Waals surface area contributed by atoms with Gasteiger partial charge >= 0.3 is 5.97 Å². The van der Waals surface area contributed by atoms with E-state index in [4.69, 9.17) is 4.74 Å². The summed E-state index contributed by atoms with van der Waals surface area (Å²) < 4.78 is 33.5. The van der Waals surface area contributed by atoms with Crippen LogP contribution < -0.4 is 0 Å². The molecule has 28 heavy (non-hydrogen) atoms. The maximum atomic E-state index is 14.8. The van der Waals surface area contributed by atoms with Crippen molar-refractivity contribution >= 4 is 5.97 Å². The molecule has 1 fully saturated rings. The van der Waals surface area contributed by atoms with Crippen molar-refractivity contribution in [2.75, 3.05) is 6.61 Å². The van der Waals surface area contributed by atoms with E-state index < -0.39 is 61.3 Å². The second-order valence-corrected chi connectivity index (χ2v) is 6.50. The number of benzene rings is 1. The second-order valence-electron chi connectivity index (χ2n) is 6.50. The Labute approximate surface area is 156 Å². The van der Waals surface area contributed by atoms with Gasteiger partial charge in [-0.1, -0.05) is 13.0 Å². The third kappa shape index (κ3) is 2.50. The molecule has 1 heterocycles. The van der Waals surface area contributed by atoms with Gasteiger partial charge in [0.05, 0.1) is 22.5 Å². The van der Waals surface area contributed by atoms with Gasteiger partial charge in [0.1, 0.15) is 28.6 Å². The number of ether oxygens (including phenoxy) is 1. The average molecular weight is 396 g/mol. The quantitative estimate of drug-likeness (QED) is 0.443. The smallest absolute Gasteiger partial charge is 0.315 e. The Morgan fingerprint density at radius 2 is 1.96 bits per heavy atom. The second kappa shape index (κ2) is 6.44. The van der Waals surface area contributed by atoms with Gasteiger partial charge in [0.25, 0.3) is 11.4 Å². The average Bonchev–Trinajstić information content (AvgIpc) is 3.45. The van der Waals surface area contributed by atoms with Crippen molar-refractivity contribution < 1.29 is 33.3 Å². The Bertz CT molecular complexity index is 957. The SMILES string of the molecule is CC[C@@]1(C(=O)O)C=C([N+](=O)[O-])C=C([N+](=O)[O-])[C@@]1(c1ccc(F)cc1F)C1CO1. The minimum atomic E-state index is -2.27. The van der Waals surface area contributed by atoms with Gasteiger partial charge in [-0.3, -0.25) is 25.0 Å². The molecule has 0 amide bonds. The van der Waals surface area contributed by atoms with Gasteiger partial charge in [0, 0.05) is 17.7 Å². The lowest BCUT2D eigenvalue weighted by Crippen LogP contribution is -2.58. The highest BCUT2D eigenvalue weighted by atomic mass is 19.1. The molecule has 1 aliphatic heterocycles. The topological polar surface area (TPSA) is 136 Å². The minimum Gasteiger partial charge on any atom is -0.481 e. The van der Waals surface area contributed by atoms with Crippen LogP contribution in [0.3, 0.4) is 0 Å². The summed E-state index contributed by atoms with van der Waals surface area (Å²) in [5.41, 5.74) is -6.66. The molecule has 148 valence electrons. The van der Waals surface area contributed by atoms with E-state index in [1.165, 1.54) is 6.92 Å². The Kier molecular flexibility index (Phi) is 4.50. The summed E-state index contributed by atoms with van der Waals surface area (Å²) in [6, 6.07) is 2.24. The highest BCUT2D eigenvalue weighted by molar-refractivity contribution is 5.82. The zero-order valence-corrected chi connectivity index (χ0v) is 14.4. The van der Waals surface area contributed by atoms with E-state index in [2.05, 4.69) is 0 Å². The van der Waals surface area contributed by atoms with Crippen LogP contribution in [0.5, 0.6) is 0 Å². The molecule has 3 atom stereocenters. The number of carboxylic acid groups (broad SMARTS) is 1. The van der Waals surface area contributed by atoms with E-state index in [9.17, 15) is 38.9 Å². The molecule has 2 aliphatic rings. The molecule has 1 aromatic rings. The van der Waals surface area contributed by atoms with Gasteiger partial charge in [0.2, 0.25) is 0 Å². The van der Waals surface area contributed by atoms with Crippen LogP contribution in [0, 0.1) is 37.3 Å². The fraction of sp³-hybridized carbons (Fsp3) is 0.353. The first-order valence-electron chi connectivity index (χ1n) is 8.16. The van der Waals surface area contributed by atoms with Gasteiger partial charge in [-0.15, -0.1) is 0 Å². The normalized spacial score (nSPS) is 28.9. The Balaban J connectivity index is 2.49. The van der Waals surface area contributed by atoms with Gasteiger partial charge in [0.15, 0.2) is 0 Å². The number of epoxide rings is 1. The lowest BCUT2D eigenvalue weighted by molar-refractivity contribution is -0.448. The number of nitrogens with zero attached hydrogens (tertiary/aromatic N) is 2. The highest BCUT2D eigenvalue weighted by Gasteiger charge is 2.72. The van der Waals surface area contributed by atoms with E-state index in [0.717, 1.165) is 18.2 Å². The molecule has 1 unspecified atom stereocenters. The van der Waals surface area contributed by atoms with Crippen LogP contribution in [-0.2, 0) is 14.9 Å². The van der Waals surface area contributed by atoms with Crippen molar-refractivity contribution in [1.82, 2.24) is 0 Å². The lowest BCUT2D eigenvalue weighted by atomic mass is 9.53. The van der Waals surface area contributed by atoms with Crippen molar-refractivity contribution in [3.8, 4) is 0 Å². The molecule has 9 nitrogen and oxygen atoms in total. The van der Waals surface area contributed by atoms with Gasteiger partial charge in [-0.05, 0) is 12.5 Å². The molecule has 11 heteroatoms. The molecule has 0 spiro atoms. The molecule has 3 rings (SSSR count). The standard InChI is InChI=1S/C17H14F2N2O7/c1-2-16(15(22)23)7-10(20(24)25)6-13(21(26)27)17(16,14-8-28-14)11-4-3-9(18)5-12(11)19/h3-7,14H,2,8H2,1H3,(H,22,23)/t14?,16-,17-/m0/s1. The van der Waals surface area contributed by atoms with Crippen molar-refractivity contribution in [2.24, 2.45) is 5.41 Å². The van der Waals surface area contributed by atoms with Crippen LogP contribution in [-0.4, -0.2) is 33.6 Å². The van der Waals surface area contributed by atoms with E-state index in [0.29, 0.717) is 12.1 Å². The lowest BCUT2D eigenvalue weighted by Gasteiger charge is -2.44. The number of hydrogen-bond acceptors (Lipinski definition) is 6. The third-order valence-electron chi connectivity index (χ3n) is 5.31. The van der Waals surface area contributed by atoms with E-state index in [1.807, 2.05) is 0 Å². The highest BCUT2D eigenvalue weighted by Crippen LogP contribution is 2.59. The van der Waals surface area contributed by atoms with Crippen molar-refractivity contribution in [1.29, 1.82) is 0 Å². The molecule has 1 aromatic carbocycles. The van der Waals surface area contributed by atoms with E-state index in [-0.39, 0.29) is 13.0 Å². The minimum absolute atomic E-state index is 0.126. The van der Waals surface area contributed by atoms with Crippen LogP contribution in [0.25, 0.3) is 0 Å². The molecular weight excluding hydrogens is 382 g/mol. The number of carboxylic acids is 1. The summed E-state index contributed by atoms with van der Waals surface area (Å²) in [7, 11) is 0. The number of halogens is 2. The molecule has 1 saturated heterocycles. The third-order valence-corrected chi connectivity index (χ3v) is 5.31. The first-order chi connectivity index (χ1) is 13.1. The van der Waals surface area contributed by atoms with Gasteiger partial charge < -0.3 is 9.84 Å². The van der Waals surface area contributed by atoms with Crippen molar-refractivity contribution in [3.63, 3.8) is 0 Å². The number of carbonyl (C=O) groups is 1. The zero-order valence-electron chi connectivity index (χ0n) is 14.4. The molecular formula is C17H14F2N2O7. The number of nitro groups is 2. The maximum absolute atomic E-state index is 14.8. The van der Waals surface area contributed by atoms with Crippen LogP contribution in [0.15, 0.2) is 41.7 Å². The number of hydrogen-bond donors (Lipinski definition) is 1. The molecule has 0 aromatic heterocycles. The first-order valence-corrected chi connectivity index (χ1v) is 8.16. The van der Waals surface area contributed by atoms with Crippen molar-refractivity contribution in [2.45, 2.75) is 24.9 Å². The summed E-state index contributed by atoms with van der Waals surface area (Å²) in [4.78, 5) is 33.7. The van der Waals surface area contributed by atoms with Gasteiger partial charge in [-0.2, -0.15) is 0 Å². The van der Waals surface area contributed by atoms with Gasteiger partial charge in [-0.25, -0.2) is 8.78 Å². The Morgan fingerprint density at radius 3 is 2.39 bits per heavy atom. The summed E-state index contributed by atoms with van der Waals surface area (Å²) in [6.07, 6.45) is -0.0833. The van der Waals surface area contributed by atoms with Crippen LogP contribution in [0.2, 0.25) is 0 Å². The predicted octanol–water partition coefficient (Wildman–Crippen LogP) is 2.42. The Morgan fingerprint density at radius 1 is 1.32 bits per heavy atom. The maximum Gasteiger partial charge on any atom is 0.315 e. The predicted molar refractivity (Wildman–Crippen MR) is 88.3 cm³/mol. The molecule has 0 radical (unpaired) electrons. The largest absolute Gasteiger partial charge is 0.481 e. The van der Waals surface area contributed by atoms with Crippen LogP contribution in [0.4, 0.5) is 8.78 Å². The van der Waals surface area contributed by atoms with Crippen LogP contribution in [0.1, 0.15) is 18.9 Å². The monoisotopic (exact) mass is 396 g/mol. The Hall–Kier alpha value is -3.21. The fourth-order valence-corrected chi connectivity index (χ4v) is 4.07. The number of allylic oxidation sites excluding steroid dienone is 1. The molecule has 1 aliphatic carbocycles. The molecule has 1 N–H and O–H groups in total. The first kappa shape index (κ1) is 19.5. The molecule has 0 saturated carbocycles. The molecule has 0 bridgehead atoms. The summed E-state index contributed by atoms with van der Waals surface area (Å²) >= 11 is 0. The van der Waals surface area contributed by atoms with E-state index in [1.54, 1.807) is 0 Å². The van der Waals surface area contributed by atoms with E-state index >= 15 is 0 Å². The van der Waals surface area contributed by atoms with Crippen molar-refractivity contribution in [3.05, 3.63) is 79.2 Å². The zero-order chi connectivity index (χ0) is 20.9. The number of aliphatic carboxylic acids is 1. The number of rotatable bonds is 6. The van der Waals surface area contributed by atoms with Crippen LogP contribution >= 0.6 is 0 Å². The summed E-state index contributed by atoms with van der Waals surface area (Å²) in [6.45, 7) is 1.24. The summed E-state index contributed by atoms with van der Waals surface area (Å²) in [5, 5.41) is 33.2. The summed E-state index contributed by atoms with van der Waals surface area (Å²) in [5.74, 6) is -3.80. The fourth-order valence-electron chi connectivity index (χ4n) is 4.07.